The number of nitrogens with zero attached hydrogens (tertiary/aromatic N) is 1. The molecule has 2 heterocycles. The Morgan fingerprint density at radius 3 is 2.69 bits per heavy atom. The number of aryl methyl sites for hydroxylation is 1. The summed E-state index contributed by atoms with van der Waals surface area (Å²) in [6.45, 7) is 2.37. The number of amides is 4. The number of hydrogen-bond acceptors (Lipinski definition) is 3. The van der Waals surface area contributed by atoms with E-state index in [4.69, 9.17) is 0 Å². The molecule has 1 fully saturated rings. The van der Waals surface area contributed by atoms with E-state index < -0.39 is 11.6 Å². The van der Waals surface area contributed by atoms with Gasteiger partial charge in [-0.25, -0.2) is 4.79 Å². The van der Waals surface area contributed by atoms with Crippen LogP contribution in [0.3, 0.4) is 0 Å². The number of hydrogen-bond donors (Lipinski definition) is 2. The Morgan fingerprint density at radius 1 is 1.15 bits per heavy atom. The number of nitrogens with one attached hydrogen (secondary N) is 2. The quantitative estimate of drug-likeness (QED) is 0.814. The molecule has 0 aromatic heterocycles. The lowest BCUT2D eigenvalue weighted by Crippen LogP contribution is -2.52. The number of imide groups is 1. The largest absolute Gasteiger partial charge is 0.322 e. The SMILES string of the molecule is Cc1cccc(CC(=O)N2CCC3(NC(=O)NC3=O)c3ccccc32)c1. The second kappa shape index (κ2) is 5.98. The third-order valence-electron chi connectivity index (χ3n) is 5.05. The van der Waals surface area contributed by atoms with E-state index in [1.807, 2.05) is 49.4 Å². The van der Waals surface area contributed by atoms with E-state index in [9.17, 15) is 14.4 Å². The van der Waals surface area contributed by atoms with Gasteiger partial charge in [0.1, 0.15) is 5.54 Å². The van der Waals surface area contributed by atoms with Gasteiger partial charge in [0.25, 0.3) is 5.91 Å². The van der Waals surface area contributed by atoms with Crippen LogP contribution in [0.15, 0.2) is 48.5 Å². The van der Waals surface area contributed by atoms with Crippen molar-refractivity contribution in [3.05, 3.63) is 65.2 Å². The molecular formula is C20H19N3O3. The van der Waals surface area contributed by atoms with Crippen molar-refractivity contribution >= 4 is 23.5 Å². The lowest BCUT2D eigenvalue weighted by molar-refractivity contribution is -0.125. The van der Waals surface area contributed by atoms with E-state index in [1.165, 1.54) is 0 Å². The molecule has 1 spiro atoms. The molecule has 4 amide bonds. The summed E-state index contributed by atoms with van der Waals surface area (Å²) in [5.41, 5.74) is 2.31. The van der Waals surface area contributed by atoms with Crippen LogP contribution in [-0.4, -0.2) is 24.4 Å². The van der Waals surface area contributed by atoms with E-state index in [2.05, 4.69) is 10.6 Å². The molecule has 1 unspecified atom stereocenters. The molecule has 6 heteroatoms. The lowest BCUT2D eigenvalue weighted by atomic mass is 9.82. The average Bonchev–Trinajstić information content (AvgIpc) is 2.89. The van der Waals surface area contributed by atoms with Gasteiger partial charge in [0.2, 0.25) is 5.91 Å². The van der Waals surface area contributed by atoms with E-state index in [1.54, 1.807) is 11.0 Å². The summed E-state index contributed by atoms with van der Waals surface area (Å²) in [5.74, 6) is -0.386. The average molecular weight is 349 g/mol. The highest BCUT2D eigenvalue weighted by Crippen LogP contribution is 2.40. The molecule has 0 radical (unpaired) electrons. The first-order valence-corrected chi connectivity index (χ1v) is 8.59. The molecule has 0 bridgehead atoms. The number of urea groups is 1. The molecule has 2 aromatic rings. The van der Waals surface area contributed by atoms with Gasteiger partial charge < -0.3 is 10.2 Å². The monoisotopic (exact) mass is 349 g/mol. The van der Waals surface area contributed by atoms with Crippen LogP contribution in [-0.2, 0) is 21.5 Å². The van der Waals surface area contributed by atoms with Crippen LogP contribution in [0, 0.1) is 6.92 Å². The van der Waals surface area contributed by atoms with Crippen molar-refractivity contribution in [1.29, 1.82) is 0 Å². The number of rotatable bonds is 2. The maximum Gasteiger partial charge on any atom is 0.322 e. The Kier molecular flexibility index (Phi) is 3.76. The Labute approximate surface area is 151 Å². The zero-order chi connectivity index (χ0) is 18.3. The van der Waals surface area contributed by atoms with Crippen LogP contribution in [0.4, 0.5) is 10.5 Å². The van der Waals surface area contributed by atoms with Gasteiger partial charge in [-0.3, -0.25) is 14.9 Å². The fraction of sp³-hybridized carbons (Fsp3) is 0.250. The molecule has 1 atom stereocenters. The van der Waals surface area contributed by atoms with Gasteiger partial charge in [0.15, 0.2) is 0 Å². The van der Waals surface area contributed by atoms with Crippen molar-refractivity contribution in [3.8, 4) is 0 Å². The van der Waals surface area contributed by atoms with Crippen molar-refractivity contribution in [2.24, 2.45) is 0 Å². The van der Waals surface area contributed by atoms with Gasteiger partial charge in [-0.05, 0) is 18.6 Å². The molecular weight excluding hydrogens is 330 g/mol. The molecule has 6 nitrogen and oxygen atoms in total. The normalized spacial score (nSPS) is 21.3. The van der Waals surface area contributed by atoms with E-state index in [0.29, 0.717) is 30.6 Å². The van der Waals surface area contributed by atoms with Crippen molar-refractivity contribution in [2.45, 2.75) is 25.3 Å². The minimum absolute atomic E-state index is 0.0253. The highest BCUT2D eigenvalue weighted by atomic mass is 16.2. The van der Waals surface area contributed by atoms with Crippen molar-refractivity contribution in [1.82, 2.24) is 10.6 Å². The molecule has 132 valence electrons. The first kappa shape index (κ1) is 16.3. The molecule has 26 heavy (non-hydrogen) atoms. The molecule has 2 aliphatic rings. The number of carbonyl (C=O) groups is 3. The number of benzene rings is 2. The van der Waals surface area contributed by atoms with Crippen molar-refractivity contribution in [3.63, 3.8) is 0 Å². The summed E-state index contributed by atoms with van der Waals surface area (Å²) in [6.07, 6.45) is 0.642. The Morgan fingerprint density at radius 2 is 1.96 bits per heavy atom. The van der Waals surface area contributed by atoms with E-state index >= 15 is 0 Å². The maximum atomic E-state index is 12.9. The molecule has 4 rings (SSSR count). The van der Waals surface area contributed by atoms with Crippen LogP contribution in [0.5, 0.6) is 0 Å². The van der Waals surface area contributed by atoms with Gasteiger partial charge in [0.05, 0.1) is 6.42 Å². The third kappa shape index (κ3) is 2.54. The Hall–Kier alpha value is -3.15. The third-order valence-corrected chi connectivity index (χ3v) is 5.05. The van der Waals surface area contributed by atoms with E-state index in [0.717, 1.165) is 11.1 Å². The van der Waals surface area contributed by atoms with Gasteiger partial charge in [0, 0.05) is 24.2 Å². The van der Waals surface area contributed by atoms with Crippen LogP contribution in [0.1, 0.15) is 23.1 Å². The molecule has 2 aliphatic heterocycles. The summed E-state index contributed by atoms with van der Waals surface area (Å²) >= 11 is 0. The second-order valence-electron chi connectivity index (χ2n) is 6.79. The second-order valence-corrected chi connectivity index (χ2v) is 6.79. The van der Waals surface area contributed by atoms with Crippen molar-refractivity contribution < 1.29 is 14.4 Å². The lowest BCUT2D eigenvalue weighted by Gasteiger charge is -2.39. The van der Waals surface area contributed by atoms with Crippen LogP contribution < -0.4 is 15.5 Å². The minimum Gasteiger partial charge on any atom is -0.319 e. The van der Waals surface area contributed by atoms with Crippen LogP contribution in [0.2, 0.25) is 0 Å². The maximum absolute atomic E-state index is 12.9. The molecule has 0 aliphatic carbocycles. The minimum atomic E-state index is -1.09. The molecule has 2 aromatic carbocycles. The van der Waals surface area contributed by atoms with Gasteiger partial charge >= 0.3 is 6.03 Å². The smallest absolute Gasteiger partial charge is 0.319 e. The van der Waals surface area contributed by atoms with Crippen molar-refractivity contribution in [2.75, 3.05) is 11.4 Å². The standard InChI is InChI=1S/C20H19N3O3/c1-13-5-4-6-14(11-13)12-17(24)23-10-9-20(18(25)21-19(26)22-20)15-7-2-3-8-16(15)23/h2-8,11H,9-10,12H2,1H3,(H2,21,22,25,26). The Balaban J connectivity index is 1.67. The first-order valence-electron chi connectivity index (χ1n) is 8.59. The highest BCUT2D eigenvalue weighted by molar-refractivity contribution is 6.09. The predicted molar refractivity (Wildman–Crippen MR) is 96.6 cm³/mol. The summed E-state index contributed by atoms with van der Waals surface area (Å²) in [4.78, 5) is 38.8. The van der Waals surface area contributed by atoms with Gasteiger partial charge in [-0.2, -0.15) is 0 Å². The first-order chi connectivity index (χ1) is 12.5. The number of fused-ring (bicyclic) bond motifs is 2. The van der Waals surface area contributed by atoms with Gasteiger partial charge in [-0.1, -0.05) is 48.0 Å². The number of para-hydroxylation sites is 1. The zero-order valence-corrected chi connectivity index (χ0v) is 14.4. The van der Waals surface area contributed by atoms with Crippen LogP contribution >= 0.6 is 0 Å². The Bertz CT molecular complexity index is 924. The fourth-order valence-corrected chi connectivity index (χ4v) is 3.81. The zero-order valence-electron chi connectivity index (χ0n) is 14.4. The number of anilines is 1. The summed E-state index contributed by atoms with van der Waals surface area (Å²) < 4.78 is 0. The number of carbonyl (C=O) groups excluding carboxylic acids is 3. The molecule has 1 saturated heterocycles. The van der Waals surface area contributed by atoms with Crippen LogP contribution in [0.25, 0.3) is 0 Å². The summed E-state index contributed by atoms with van der Waals surface area (Å²) in [7, 11) is 0. The molecule has 2 N–H and O–H groups in total. The molecule has 0 saturated carbocycles. The summed E-state index contributed by atoms with van der Waals surface area (Å²) in [5, 5.41) is 5.07. The highest BCUT2D eigenvalue weighted by Gasteiger charge is 2.51. The van der Waals surface area contributed by atoms with E-state index in [-0.39, 0.29) is 11.8 Å². The summed E-state index contributed by atoms with van der Waals surface area (Å²) in [6, 6.07) is 14.6. The topological polar surface area (TPSA) is 78.5 Å². The van der Waals surface area contributed by atoms with Gasteiger partial charge in [-0.15, -0.1) is 0 Å². The fourth-order valence-electron chi connectivity index (χ4n) is 3.81. The predicted octanol–water partition coefficient (Wildman–Crippen LogP) is 2.01.